The smallest absolute Gasteiger partial charge is 0.0309 e. The second-order valence-electron chi connectivity index (χ2n) is 6.31. The molecule has 2 rings (SSSR count). The molecule has 0 saturated heterocycles. The summed E-state index contributed by atoms with van der Waals surface area (Å²) in [5, 5.41) is 3.91. The van der Waals surface area contributed by atoms with Gasteiger partial charge < -0.3 is 11.1 Å². The van der Waals surface area contributed by atoms with E-state index in [4.69, 9.17) is 5.73 Å². The molecule has 0 radical (unpaired) electrons. The van der Waals surface area contributed by atoms with Crippen molar-refractivity contribution < 1.29 is 0 Å². The van der Waals surface area contributed by atoms with Gasteiger partial charge in [-0.05, 0) is 43.9 Å². The Morgan fingerprint density at radius 1 is 1.12 bits per heavy atom. The van der Waals surface area contributed by atoms with Crippen molar-refractivity contribution in [2.45, 2.75) is 70.4 Å². The normalized spacial score (nSPS) is 41.4. The first-order chi connectivity index (χ1) is 7.65. The van der Waals surface area contributed by atoms with E-state index in [1.807, 2.05) is 0 Å². The fourth-order valence-corrected chi connectivity index (χ4v) is 3.59. The van der Waals surface area contributed by atoms with Gasteiger partial charge >= 0.3 is 0 Å². The highest BCUT2D eigenvalue weighted by Crippen LogP contribution is 2.37. The van der Waals surface area contributed by atoms with Crippen LogP contribution in [0.4, 0.5) is 0 Å². The topological polar surface area (TPSA) is 38.0 Å². The van der Waals surface area contributed by atoms with Crippen molar-refractivity contribution in [3.8, 4) is 0 Å². The predicted octanol–water partition coefficient (Wildman–Crippen LogP) is 2.67. The Balaban J connectivity index is 1.95. The highest BCUT2D eigenvalue weighted by molar-refractivity contribution is 4.98. The first kappa shape index (κ1) is 12.4. The highest BCUT2D eigenvalue weighted by Gasteiger charge is 2.38. The van der Waals surface area contributed by atoms with E-state index in [-0.39, 0.29) is 5.54 Å². The van der Waals surface area contributed by atoms with Crippen molar-refractivity contribution in [2.24, 2.45) is 17.6 Å². The maximum atomic E-state index is 6.06. The van der Waals surface area contributed by atoms with Gasteiger partial charge in [0.15, 0.2) is 0 Å². The van der Waals surface area contributed by atoms with Crippen LogP contribution in [0, 0.1) is 11.8 Å². The lowest BCUT2D eigenvalue weighted by Crippen LogP contribution is -2.57. The number of nitrogens with two attached hydrogens (primary N) is 1. The second kappa shape index (κ2) is 5.05. The van der Waals surface area contributed by atoms with E-state index in [2.05, 4.69) is 19.2 Å². The Hall–Kier alpha value is -0.0800. The van der Waals surface area contributed by atoms with Crippen molar-refractivity contribution in [3.05, 3.63) is 0 Å². The average molecular weight is 224 g/mol. The molecule has 0 aliphatic heterocycles. The summed E-state index contributed by atoms with van der Waals surface area (Å²) in [6, 6.07) is 0.754. The molecule has 2 saturated carbocycles. The zero-order chi connectivity index (χ0) is 11.6. The zero-order valence-electron chi connectivity index (χ0n) is 11.0. The summed E-state index contributed by atoms with van der Waals surface area (Å²) in [6.07, 6.45) is 9.46. The number of rotatable bonds is 3. The van der Waals surface area contributed by atoms with Crippen LogP contribution in [-0.2, 0) is 0 Å². The van der Waals surface area contributed by atoms with Gasteiger partial charge in [0.1, 0.15) is 0 Å². The fourth-order valence-electron chi connectivity index (χ4n) is 3.59. The van der Waals surface area contributed by atoms with E-state index >= 15 is 0 Å². The molecule has 2 aliphatic rings. The SMILES string of the molecule is CC1CCC(CN)(NC2CCCC2)CC1C. The molecule has 2 aliphatic carbocycles. The fraction of sp³-hybridized carbons (Fsp3) is 1.00. The molecule has 2 nitrogen and oxygen atoms in total. The summed E-state index contributed by atoms with van der Waals surface area (Å²) < 4.78 is 0. The monoisotopic (exact) mass is 224 g/mol. The Bertz CT molecular complexity index is 223. The molecule has 0 aromatic rings. The third-order valence-electron chi connectivity index (χ3n) is 5.02. The molecule has 0 aromatic carbocycles. The molecule has 2 fully saturated rings. The summed E-state index contributed by atoms with van der Waals surface area (Å²) in [5.41, 5.74) is 6.33. The molecule has 0 aromatic heterocycles. The number of nitrogens with one attached hydrogen (secondary N) is 1. The van der Waals surface area contributed by atoms with Crippen LogP contribution in [-0.4, -0.2) is 18.1 Å². The molecule has 2 heteroatoms. The minimum atomic E-state index is 0.265. The van der Waals surface area contributed by atoms with E-state index in [9.17, 15) is 0 Å². The van der Waals surface area contributed by atoms with Crippen LogP contribution >= 0.6 is 0 Å². The van der Waals surface area contributed by atoms with Gasteiger partial charge in [0.05, 0.1) is 0 Å². The Morgan fingerprint density at radius 3 is 2.38 bits per heavy atom. The Kier molecular flexibility index (Phi) is 3.91. The summed E-state index contributed by atoms with van der Waals surface area (Å²) >= 11 is 0. The van der Waals surface area contributed by atoms with Crippen molar-refractivity contribution in [2.75, 3.05) is 6.54 Å². The highest BCUT2D eigenvalue weighted by atomic mass is 15.0. The van der Waals surface area contributed by atoms with Gasteiger partial charge in [-0.3, -0.25) is 0 Å². The van der Waals surface area contributed by atoms with Gasteiger partial charge in [-0.1, -0.05) is 26.7 Å². The molecule has 0 heterocycles. The number of hydrogen-bond donors (Lipinski definition) is 2. The van der Waals surface area contributed by atoms with Crippen LogP contribution in [0.15, 0.2) is 0 Å². The lowest BCUT2D eigenvalue weighted by Gasteiger charge is -2.44. The Labute approximate surface area is 100 Å². The van der Waals surface area contributed by atoms with Crippen molar-refractivity contribution in [3.63, 3.8) is 0 Å². The molecule has 16 heavy (non-hydrogen) atoms. The molecule has 3 atom stereocenters. The standard InChI is InChI=1S/C14H28N2/c1-11-7-8-14(10-15,9-12(11)2)16-13-5-3-4-6-13/h11-13,16H,3-10,15H2,1-2H3. The molecule has 0 amide bonds. The minimum Gasteiger partial charge on any atom is -0.329 e. The van der Waals surface area contributed by atoms with Crippen LogP contribution < -0.4 is 11.1 Å². The average Bonchev–Trinajstić information content (AvgIpc) is 2.76. The van der Waals surface area contributed by atoms with E-state index in [1.165, 1.54) is 44.9 Å². The lowest BCUT2D eigenvalue weighted by atomic mass is 9.71. The summed E-state index contributed by atoms with van der Waals surface area (Å²) in [7, 11) is 0. The van der Waals surface area contributed by atoms with Crippen LogP contribution in [0.1, 0.15) is 58.8 Å². The van der Waals surface area contributed by atoms with E-state index in [0.717, 1.165) is 24.4 Å². The van der Waals surface area contributed by atoms with E-state index < -0.39 is 0 Å². The van der Waals surface area contributed by atoms with Gasteiger partial charge in [-0.25, -0.2) is 0 Å². The van der Waals surface area contributed by atoms with Crippen LogP contribution in [0.25, 0.3) is 0 Å². The van der Waals surface area contributed by atoms with Crippen LogP contribution in [0.3, 0.4) is 0 Å². The second-order valence-corrected chi connectivity index (χ2v) is 6.31. The summed E-state index contributed by atoms with van der Waals surface area (Å²) in [5.74, 6) is 1.70. The van der Waals surface area contributed by atoms with E-state index in [1.54, 1.807) is 0 Å². The van der Waals surface area contributed by atoms with Gasteiger partial charge in [0.25, 0.3) is 0 Å². The quantitative estimate of drug-likeness (QED) is 0.773. The summed E-state index contributed by atoms with van der Waals surface area (Å²) in [6.45, 7) is 5.60. The third kappa shape index (κ3) is 2.60. The summed E-state index contributed by atoms with van der Waals surface area (Å²) in [4.78, 5) is 0. The van der Waals surface area contributed by atoms with Gasteiger partial charge in [-0.2, -0.15) is 0 Å². The van der Waals surface area contributed by atoms with Gasteiger partial charge in [0, 0.05) is 18.1 Å². The molecular weight excluding hydrogens is 196 g/mol. The molecule has 0 bridgehead atoms. The number of hydrogen-bond acceptors (Lipinski definition) is 2. The predicted molar refractivity (Wildman–Crippen MR) is 69.4 cm³/mol. The van der Waals surface area contributed by atoms with Crippen molar-refractivity contribution in [1.29, 1.82) is 0 Å². The molecular formula is C14H28N2. The van der Waals surface area contributed by atoms with Gasteiger partial charge in [0.2, 0.25) is 0 Å². The first-order valence-electron chi connectivity index (χ1n) is 7.13. The maximum Gasteiger partial charge on any atom is 0.0309 e. The third-order valence-corrected chi connectivity index (χ3v) is 5.02. The van der Waals surface area contributed by atoms with Crippen LogP contribution in [0.5, 0.6) is 0 Å². The Morgan fingerprint density at radius 2 is 1.81 bits per heavy atom. The largest absolute Gasteiger partial charge is 0.329 e. The zero-order valence-corrected chi connectivity index (χ0v) is 11.0. The first-order valence-corrected chi connectivity index (χ1v) is 7.13. The lowest BCUT2D eigenvalue weighted by molar-refractivity contribution is 0.134. The van der Waals surface area contributed by atoms with E-state index in [0.29, 0.717) is 0 Å². The minimum absolute atomic E-state index is 0.265. The molecule has 94 valence electrons. The molecule has 3 unspecified atom stereocenters. The molecule has 3 N–H and O–H groups in total. The van der Waals surface area contributed by atoms with Gasteiger partial charge in [-0.15, -0.1) is 0 Å². The van der Waals surface area contributed by atoms with Crippen molar-refractivity contribution in [1.82, 2.24) is 5.32 Å². The van der Waals surface area contributed by atoms with Crippen molar-refractivity contribution >= 4 is 0 Å². The van der Waals surface area contributed by atoms with Crippen LogP contribution in [0.2, 0.25) is 0 Å². The molecule has 0 spiro atoms. The maximum absolute atomic E-state index is 6.06.